The van der Waals surface area contributed by atoms with E-state index in [0.29, 0.717) is 22.4 Å². The molecule has 4 heterocycles. The van der Waals surface area contributed by atoms with Crippen molar-refractivity contribution in [3.63, 3.8) is 0 Å². The molecule has 0 amide bonds. The molecule has 2 aromatic heterocycles. The fourth-order valence-electron chi connectivity index (χ4n) is 5.66. The number of nitrogens with zero attached hydrogens (tertiary/aromatic N) is 4. The number of aromatic nitrogens is 3. The van der Waals surface area contributed by atoms with Gasteiger partial charge in [0.25, 0.3) is 5.56 Å². The number of para-hydroxylation sites is 2. The maximum atomic E-state index is 13.3. The van der Waals surface area contributed by atoms with Gasteiger partial charge >= 0.3 is 5.69 Å². The van der Waals surface area contributed by atoms with E-state index < -0.39 is 0 Å². The molecule has 1 atom stereocenters. The van der Waals surface area contributed by atoms with Crippen LogP contribution in [0.25, 0.3) is 16.6 Å². The summed E-state index contributed by atoms with van der Waals surface area (Å²) < 4.78 is 16.1. The standard InChI is InChI=1S/C29H24N4O4/c1-17-7-6-8-19(13-17)33-22-10-5-4-9-21(22)32-15-20-26(30(2)29(35)31(3)28(20)34)27(32)25(33)18-11-12-23-24(14-18)37-16-36-23/h4-15,25H,16H2,1-3H3. The molecule has 0 fully saturated rings. The van der Waals surface area contributed by atoms with Crippen molar-refractivity contribution in [3.05, 3.63) is 111 Å². The summed E-state index contributed by atoms with van der Waals surface area (Å²) in [7, 11) is 3.24. The van der Waals surface area contributed by atoms with Crippen LogP contribution in [-0.2, 0) is 14.1 Å². The Morgan fingerprint density at radius 2 is 1.62 bits per heavy atom. The second-order valence-corrected chi connectivity index (χ2v) is 9.57. The molecule has 7 rings (SSSR count). The summed E-state index contributed by atoms with van der Waals surface area (Å²) >= 11 is 0. The van der Waals surface area contributed by atoms with E-state index in [1.165, 1.54) is 7.05 Å². The summed E-state index contributed by atoms with van der Waals surface area (Å²) in [5.41, 5.74) is 5.79. The van der Waals surface area contributed by atoms with Crippen LogP contribution in [0.2, 0.25) is 0 Å². The number of fused-ring (bicyclic) bond motifs is 6. The lowest BCUT2D eigenvalue weighted by Gasteiger charge is -2.40. The first-order valence-corrected chi connectivity index (χ1v) is 12.1. The van der Waals surface area contributed by atoms with Crippen LogP contribution in [0.5, 0.6) is 11.5 Å². The molecule has 3 aromatic carbocycles. The average molecular weight is 493 g/mol. The van der Waals surface area contributed by atoms with Gasteiger partial charge in [-0.1, -0.05) is 30.3 Å². The van der Waals surface area contributed by atoms with Crippen molar-refractivity contribution in [1.29, 1.82) is 0 Å². The van der Waals surface area contributed by atoms with E-state index in [9.17, 15) is 9.59 Å². The number of anilines is 2. The molecule has 5 aromatic rings. The van der Waals surface area contributed by atoms with Crippen molar-refractivity contribution in [3.8, 4) is 17.2 Å². The number of ether oxygens (including phenoxy) is 2. The highest BCUT2D eigenvalue weighted by atomic mass is 16.7. The molecule has 2 aliphatic heterocycles. The lowest BCUT2D eigenvalue weighted by atomic mass is 9.95. The molecule has 0 saturated heterocycles. The fourth-order valence-corrected chi connectivity index (χ4v) is 5.66. The van der Waals surface area contributed by atoms with Crippen molar-refractivity contribution in [2.75, 3.05) is 11.7 Å². The fraction of sp³-hybridized carbons (Fsp3) is 0.172. The summed E-state index contributed by atoms with van der Waals surface area (Å²) in [4.78, 5) is 28.7. The average Bonchev–Trinajstić information content (AvgIpc) is 3.55. The van der Waals surface area contributed by atoms with Gasteiger partial charge in [-0.2, -0.15) is 0 Å². The molecule has 0 aliphatic carbocycles. The molecule has 1 unspecified atom stereocenters. The Morgan fingerprint density at radius 1 is 0.838 bits per heavy atom. The van der Waals surface area contributed by atoms with Crippen molar-refractivity contribution in [2.45, 2.75) is 13.0 Å². The van der Waals surface area contributed by atoms with Gasteiger partial charge in [-0.25, -0.2) is 4.79 Å². The van der Waals surface area contributed by atoms with Gasteiger partial charge < -0.3 is 18.9 Å². The molecule has 8 heteroatoms. The minimum absolute atomic E-state index is 0.178. The first-order chi connectivity index (χ1) is 17.9. The maximum absolute atomic E-state index is 13.3. The second-order valence-electron chi connectivity index (χ2n) is 9.57. The Hall–Kier alpha value is -4.72. The van der Waals surface area contributed by atoms with Crippen LogP contribution in [0.3, 0.4) is 0 Å². The minimum atomic E-state index is -0.364. The Balaban J connectivity index is 1.64. The first kappa shape index (κ1) is 21.6. The summed E-state index contributed by atoms with van der Waals surface area (Å²) in [6, 6.07) is 22.0. The third-order valence-corrected chi connectivity index (χ3v) is 7.37. The second kappa shape index (κ2) is 7.64. The Bertz CT molecular complexity index is 1860. The number of aryl methyl sites for hydroxylation is 2. The normalized spacial score (nSPS) is 15.6. The zero-order valence-electron chi connectivity index (χ0n) is 20.6. The van der Waals surface area contributed by atoms with Crippen molar-refractivity contribution >= 4 is 22.3 Å². The number of rotatable bonds is 2. The van der Waals surface area contributed by atoms with Crippen LogP contribution in [0.4, 0.5) is 11.4 Å². The lowest BCUT2D eigenvalue weighted by Crippen LogP contribution is -2.37. The predicted octanol–water partition coefficient (Wildman–Crippen LogP) is 4.31. The van der Waals surface area contributed by atoms with Gasteiger partial charge in [-0.05, 0) is 54.4 Å². The van der Waals surface area contributed by atoms with Crippen LogP contribution in [0.15, 0.2) is 82.5 Å². The van der Waals surface area contributed by atoms with Gasteiger partial charge in [0, 0.05) is 26.0 Å². The van der Waals surface area contributed by atoms with Gasteiger partial charge in [0.15, 0.2) is 11.5 Å². The topological polar surface area (TPSA) is 70.6 Å². The van der Waals surface area contributed by atoms with Crippen LogP contribution in [-0.4, -0.2) is 20.5 Å². The maximum Gasteiger partial charge on any atom is 0.331 e. The Kier molecular flexibility index (Phi) is 4.45. The molecular weight excluding hydrogens is 468 g/mol. The van der Waals surface area contributed by atoms with Crippen molar-refractivity contribution in [2.24, 2.45) is 14.1 Å². The zero-order chi connectivity index (χ0) is 25.4. The SMILES string of the molecule is Cc1cccc(N2c3ccccc3-n3cc4c(=O)n(C)c(=O)n(C)c4c3C2c2ccc3c(c2)OCO3)c1. The van der Waals surface area contributed by atoms with E-state index >= 15 is 0 Å². The van der Waals surface area contributed by atoms with E-state index in [4.69, 9.17) is 9.47 Å². The van der Waals surface area contributed by atoms with E-state index in [0.717, 1.165) is 38.5 Å². The van der Waals surface area contributed by atoms with Gasteiger partial charge in [-0.3, -0.25) is 13.9 Å². The lowest BCUT2D eigenvalue weighted by molar-refractivity contribution is 0.174. The number of hydrogen-bond donors (Lipinski definition) is 0. The summed E-state index contributed by atoms with van der Waals surface area (Å²) in [5, 5.41) is 0.492. The third kappa shape index (κ3) is 2.95. The van der Waals surface area contributed by atoms with Gasteiger partial charge in [-0.15, -0.1) is 0 Å². The quantitative estimate of drug-likeness (QED) is 0.367. The molecule has 184 valence electrons. The Morgan fingerprint density at radius 3 is 2.43 bits per heavy atom. The first-order valence-electron chi connectivity index (χ1n) is 12.1. The van der Waals surface area contributed by atoms with E-state index in [2.05, 4.69) is 40.7 Å². The zero-order valence-corrected chi connectivity index (χ0v) is 20.6. The van der Waals surface area contributed by atoms with Gasteiger partial charge in [0.1, 0.15) is 6.04 Å². The van der Waals surface area contributed by atoms with Crippen molar-refractivity contribution in [1.82, 2.24) is 13.7 Å². The Labute approximate surface area is 212 Å². The van der Waals surface area contributed by atoms with Crippen LogP contribution in [0.1, 0.15) is 22.9 Å². The molecule has 0 N–H and O–H groups in total. The molecule has 8 nitrogen and oxygen atoms in total. The highest BCUT2D eigenvalue weighted by Gasteiger charge is 2.37. The molecule has 0 saturated carbocycles. The molecule has 0 bridgehead atoms. The number of hydrogen-bond acceptors (Lipinski definition) is 5. The highest BCUT2D eigenvalue weighted by Crippen LogP contribution is 2.49. The molecule has 0 radical (unpaired) electrons. The van der Waals surface area contributed by atoms with E-state index in [1.807, 2.05) is 48.7 Å². The smallest absolute Gasteiger partial charge is 0.331 e. The molecule has 0 spiro atoms. The van der Waals surface area contributed by atoms with E-state index in [-0.39, 0.29) is 24.1 Å². The van der Waals surface area contributed by atoms with Crippen LogP contribution < -0.4 is 25.6 Å². The summed E-state index contributed by atoms with van der Waals surface area (Å²) in [6.07, 6.45) is 1.86. The van der Waals surface area contributed by atoms with E-state index in [1.54, 1.807) is 11.6 Å². The molecular formula is C29H24N4O4. The monoisotopic (exact) mass is 492 g/mol. The summed E-state index contributed by atoms with van der Waals surface area (Å²) in [6.45, 7) is 2.25. The number of benzene rings is 3. The minimum Gasteiger partial charge on any atom is -0.454 e. The van der Waals surface area contributed by atoms with Crippen LogP contribution in [0, 0.1) is 6.92 Å². The largest absolute Gasteiger partial charge is 0.454 e. The van der Waals surface area contributed by atoms with Gasteiger partial charge in [0.05, 0.1) is 28.0 Å². The van der Waals surface area contributed by atoms with Gasteiger partial charge in [0.2, 0.25) is 6.79 Å². The predicted molar refractivity (Wildman–Crippen MR) is 141 cm³/mol. The summed E-state index contributed by atoms with van der Waals surface area (Å²) in [5.74, 6) is 1.37. The molecule has 2 aliphatic rings. The third-order valence-electron chi connectivity index (χ3n) is 7.37. The highest BCUT2D eigenvalue weighted by molar-refractivity contribution is 5.89. The molecule has 37 heavy (non-hydrogen) atoms. The van der Waals surface area contributed by atoms with Crippen molar-refractivity contribution < 1.29 is 9.47 Å². The van der Waals surface area contributed by atoms with Crippen LogP contribution >= 0.6 is 0 Å².